The molecule has 0 bridgehead atoms. The summed E-state index contributed by atoms with van der Waals surface area (Å²) in [5, 5.41) is 6.71. The van der Waals surface area contributed by atoms with Crippen molar-refractivity contribution < 1.29 is 4.74 Å². The lowest BCUT2D eigenvalue weighted by molar-refractivity contribution is 0.149. The Morgan fingerprint density at radius 3 is 2.31 bits per heavy atom. The Hall–Kier alpha value is -0.120. The van der Waals surface area contributed by atoms with Crippen LogP contribution in [-0.4, -0.2) is 38.4 Å². The van der Waals surface area contributed by atoms with Crippen LogP contribution in [0.4, 0.5) is 0 Å². The largest absolute Gasteiger partial charge is 0.380 e. The monoisotopic (exact) mass is 188 g/mol. The van der Waals surface area contributed by atoms with Crippen LogP contribution in [-0.2, 0) is 4.74 Å². The van der Waals surface area contributed by atoms with E-state index < -0.39 is 0 Å². The molecular formula is C10H24N2O. The van der Waals surface area contributed by atoms with E-state index in [-0.39, 0.29) is 5.54 Å². The Morgan fingerprint density at radius 2 is 1.77 bits per heavy atom. The third-order valence-electron chi connectivity index (χ3n) is 1.58. The maximum Gasteiger partial charge on any atom is 0.0590 e. The summed E-state index contributed by atoms with van der Waals surface area (Å²) < 4.78 is 5.20. The molecule has 80 valence electrons. The number of hydrogen-bond acceptors (Lipinski definition) is 3. The lowest BCUT2D eigenvalue weighted by atomic mass is 10.1. The average molecular weight is 188 g/mol. The maximum absolute atomic E-state index is 5.20. The van der Waals surface area contributed by atoms with Gasteiger partial charge in [0.25, 0.3) is 0 Å². The average Bonchev–Trinajstić information content (AvgIpc) is 2.01. The van der Waals surface area contributed by atoms with E-state index in [1.54, 1.807) is 0 Å². The van der Waals surface area contributed by atoms with Gasteiger partial charge in [-0.25, -0.2) is 0 Å². The van der Waals surface area contributed by atoms with Gasteiger partial charge in [-0.3, -0.25) is 0 Å². The van der Waals surface area contributed by atoms with Gasteiger partial charge in [0.2, 0.25) is 0 Å². The zero-order valence-corrected chi connectivity index (χ0v) is 9.44. The minimum Gasteiger partial charge on any atom is -0.380 e. The Morgan fingerprint density at radius 1 is 1.08 bits per heavy atom. The fourth-order valence-electron chi connectivity index (χ4n) is 0.940. The Kier molecular flexibility index (Phi) is 7.23. The first kappa shape index (κ1) is 12.9. The molecule has 0 heterocycles. The Balaban J connectivity index is 3.00. The molecule has 0 aromatic carbocycles. The van der Waals surface area contributed by atoms with E-state index in [4.69, 9.17) is 4.74 Å². The third-order valence-corrected chi connectivity index (χ3v) is 1.58. The predicted octanol–water partition coefficient (Wildman–Crippen LogP) is 1.00. The Labute approximate surface area is 82.2 Å². The summed E-state index contributed by atoms with van der Waals surface area (Å²) in [6, 6.07) is 0. The smallest absolute Gasteiger partial charge is 0.0590 e. The first-order chi connectivity index (χ1) is 6.06. The van der Waals surface area contributed by atoms with Crippen molar-refractivity contribution in [3.63, 3.8) is 0 Å². The molecule has 0 aliphatic rings. The molecule has 0 saturated carbocycles. The fourth-order valence-corrected chi connectivity index (χ4v) is 0.940. The second-order valence-corrected chi connectivity index (χ2v) is 4.12. The summed E-state index contributed by atoms with van der Waals surface area (Å²) in [5.74, 6) is 0. The number of nitrogens with one attached hydrogen (secondary N) is 2. The molecule has 0 radical (unpaired) electrons. The van der Waals surface area contributed by atoms with Gasteiger partial charge in [0, 0.05) is 31.8 Å². The molecule has 0 aromatic rings. The van der Waals surface area contributed by atoms with Crippen LogP contribution in [0.2, 0.25) is 0 Å². The van der Waals surface area contributed by atoms with Crippen LogP contribution in [0.1, 0.15) is 27.7 Å². The van der Waals surface area contributed by atoms with Crippen LogP contribution < -0.4 is 10.6 Å². The van der Waals surface area contributed by atoms with Crippen molar-refractivity contribution in [3.05, 3.63) is 0 Å². The van der Waals surface area contributed by atoms with Gasteiger partial charge in [-0.15, -0.1) is 0 Å². The second kappa shape index (κ2) is 7.30. The van der Waals surface area contributed by atoms with E-state index in [1.807, 2.05) is 6.92 Å². The molecule has 13 heavy (non-hydrogen) atoms. The molecule has 3 nitrogen and oxygen atoms in total. The van der Waals surface area contributed by atoms with E-state index >= 15 is 0 Å². The zero-order valence-electron chi connectivity index (χ0n) is 9.44. The molecule has 0 saturated heterocycles. The van der Waals surface area contributed by atoms with Crippen molar-refractivity contribution in [1.82, 2.24) is 10.6 Å². The quantitative estimate of drug-likeness (QED) is 0.585. The summed E-state index contributed by atoms with van der Waals surface area (Å²) in [5.41, 5.74) is 0.224. The van der Waals surface area contributed by atoms with Crippen molar-refractivity contribution >= 4 is 0 Å². The van der Waals surface area contributed by atoms with E-state index in [0.717, 1.165) is 32.8 Å². The van der Waals surface area contributed by atoms with Gasteiger partial charge >= 0.3 is 0 Å². The molecule has 0 rings (SSSR count). The summed E-state index contributed by atoms with van der Waals surface area (Å²) in [6.45, 7) is 13.1. The standard InChI is InChI=1S/C10H24N2O/c1-5-13-9-8-11-6-7-12-10(2,3)4/h11-12H,5-9H2,1-4H3. The summed E-state index contributed by atoms with van der Waals surface area (Å²) in [7, 11) is 0. The molecule has 0 aliphatic heterocycles. The number of rotatable bonds is 7. The minimum atomic E-state index is 0.224. The topological polar surface area (TPSA) is 33.3 Å². The van der Waals surface area contributed by atoms with Gasteiger partial charge in [-0.1, -0.05) is 0 Å². The number of hydrogen-bond donors (Lipinski definition) is 2. The highest BCUT2D eigenvalue weighted by Gasteiger charge is 2.06. The van der Waals surface area contributed by atoms with Gasteiger partial charge in [0.15, 0.2) is 0 Å². The summed E-state index contributed by atoms with van der Waals surface area (Å²) in [6.07, 6.45) is 0. The third kappa shape index (κ3) is 11.9. The van der Waals surface area contributed by atoms with Crippen molar-refractivity contribution in [2.75, 3.05) is 32.8 Å². The van der Waals surface area contributed by atoms with Crippen LogP contribution in [0.25, 0.3) is 0 Å². The van der Waals surface area contributed by atoms with Crippen molar-refractivity contribution in [2.45, 2.75) is 33.2 Å². The van der Waals surface area contributed by atoms with E-state index in [1.165, 1.54) is 0 Å². The van der Waals surface area contributed by atoms with Crippen LogP contribution in [0.3, 0.4) is 0 Å². The molecule has 3 heteroatoms. The first-order valence-electron chi connectivity index (χ1n) is 5.10. The highest BCUT2D eigenvalue weighted by molar-refractivity contribution is 4.70. The van der Waals surface area contributed by atoms with E-state index in [9.17, 15) is 0 Å². The van der Waals surface area contributed by atoms with Crippen LogP contribution in [0.5, 0.6) is 0 Å². The van der Waals surface area contributed by atoms with Crippen molar-refractivity contribution in [2.24, 2.45) is 0 Å². The van der Waals surface area contributed by atoms with Crippen molar-refractivity contribution in [1.29, 1.82) is 0 Å². The normalized spacial score (nSPS) is 12.0. The lowest BCUT2D eigenvalue weighted by Crippen LogP contribution is -2.40. The first-order valence-corrected chi connectivity index (χ1v) is 5.10. The lowest BCUT2D eigenvalue weighted by Gasteiger charge is -2.20. The van der Waals surface area contributed by atoms with Crippen LogP contribution in [0, 0.1) is 0 Å². The fraction of sp³-hybridized carbons (Fsp3) is 1.00. The van der Waals surface area contributed by atoms with Gasteiger partial charge in [-0.05, 0) is 27.7 Å². The molecular weight excluding hydrogens is 164 g/mol. The van der Waals surface area contributed by atoms with E-state index in [0.29, 0.717) is 0 Å². The van der Waals surface area contributed by atoms with Gasteiger partial charge in [-0.2, -0.15) is 0 Å². The summed E-state index contributed by atoms with van der Waals surface area (Å²) in [4.78, 5) is 0. The highest BCUT2D eigenvalue weighted by Crippen LogP contribution is 1.96. The molecule has 2 N–H and O–H groups in total. The number of ether oxygens (including phenoxy) is 1. The zero-order chi connectivity index (χ0) is 10.2. The van der Waals surface area contributed by atoms with Gasteiger partial charge in [0.1, 0.15) is 0 Å². The van der Waals surface area contributed by atoms with Crippen LogP contribution in [0.15, 0.2) is 0 Å². The molecule has 0 unspecified atom stereocenters. The van der Waals surface area contributed by atoms with Gasteiger partial charge in [0.05, 0.1) is 6.61 Å². The molecule has 0 fully saturated rings. The van der Waals surface area contributed by atoms with Crippen LogP contribution >= 0.6 is 0 Å². The van der Waals surface area contributed by atoms with Gasteiger partial charge < -0.3 is 15.4 Å². The highest BCUT2D eigenvalue weighted by atomic mass is 16.5. The van der Waals surface area contributed by atoms with Crippen molar-refractivity contribution in [3.8, 4) is 0 Å². The molecule has 0 atom stereocenters. The van der Waals surface area contributed by atoms with E-state index in [2.05, 4.69) is 31.4 Å². The second-order valence-electron chi connectivity index (χ2n) is 4.12. The maximum atomic E-state index is 5.20. The Bertz CT molecular complexity index is 110. The minimum absolute atomic E-state index is 0.224. The summed E-state index contributed by atoms with van der Waals surface area (Å²) >= 11 is 0. The molecule has 0 spiro atoms. The molecule has 0 amide bonds. The molecule has 0 aromatic heterocycles. The molecule has 0 aliphatic carbocycles. The predicted molar refractivity (Wildman–Crippen MR) is 57.1 cm³/mol. The SMILES string of the molecule is CCOCCNCCNC(C)(C)C.